The van der Waals surface area contributed by atoms with Gasteiger partial charge in [0.15, 0.2) is 11.5 Å². The fraction of sp³-hybridized carbons (Fsp3) is 0.139. The second-order valence-electron chi connectivity index (χ2n) is 10.5. The van der Waals surface area contributed by atoms with Crippen molar-refractivity contribution < 1.29 is 28.5 Å². The van der Waals surface area contributed by atoms with Crippen LogP contribution in [0.15, 0.2) is 94.3 Å². The van der Waals surface area contributed by atoms with Gasteiger partial charge in [-0.1, -0.05) is 24.3 Å². The van der Waals surface area contributed by atoms with E-state index in [-0.39, 0.29) is 17.7 Å². The molecule has 0 saturated heterocycles. The zero-order valence-electron chi connectivity index (χ0n) is 26.0. The van der Waals surface area contributed by atoms with Crippen molar-refractivity contribution in [2.45, 2.75) is 6.61 Å². The van der Waals surface area contributed by atoms with Crippen LogP contribution >= 0.6 is 15.9 Å². The van der Waals surface area contributed by atoms with Gasteiger partial charge < -0.3 is 29.4 Å². The molecule has 4 aromatic carbocycles. The quantitative estimate of drug-likeness (QED) is 0.126. The van der Waals surface area contributed by atoms with Crippen LogP contribution in [0.1, 0.15) is 16.2 Å². The van der Waals surface area contributed by atoms with Crippen molar-refractivity contribution in [1.82, 2.24) is 9.55 Å². The summed E-state index contributed by atoms with van der Waals surface area (Å²) in [5.41, 5.74) is 8.00. The van der Waals surface area contributed by atoms with E-state index in [1.807, 2.05) is 30.3 Å². The normalized spacial score (nSPS) is 11.0. The van der Waals surface area contributed by atoms with Gasteiger partial charge in [0.1, 0.15) is 28.3 Å². The summed E-state index contributed by atoms with van der Waals surface area (Å²) in [4.78, 5) is 32.7. The van der Waals surface area contributed by atoms with E-state index in [4.69, 9.17) is 29.4 Å². The van der Waals surface area contributed by atoms with Gasteiger partial charge in [0, 0.05) is 33.9 Å². The minimum absolute atomic E-state index is 0.0168. The van der Waals surface area contributed by atoms with Crippen LogP contribution in [-0.2, 0) is 11.3 Å². The van der Waals surface area contributed by atoms with Gasteiger partial charge >= 0.3 is 5.97 Å². The van der Waals surface area contributed by atoms with E-state index in [0.29, 0.717) is 55.4 Å². The van der Waals surface area contributed by atoms with E-state index in [0.717, 1.165) is 16.5 Å². The van der Waals surface area contributed by atoms with Crippen molar-refractivity contribution in [3.05, 3.63) is 111 Å². The monoisotopic (exact) mass is 695 g/mol. The number of fused-ring (bicyclic) bond motifs is 2. The van der Waals surface area contributed by atoms with Crippen LogP contribution < -0.4 is 30.2 Å². The molecule has 0 spiro atoms. The van der Waals surface area contributed by atoms with Gasteiger partial charge in [-0.25, -0.2) is 4.79 Å². The number of nitrogens with two attached hydrogens (primary N) is 1. The molecule has 0 saturated carbocycles. The van der Waals surface area contributed by atoms with Crippen molar-refractivity contribution in [2.75, 3.05) is 34.2 Å². The molecule has 0 bridgehead atoms. The zero-order valence-corrected chi connectivity index (χ0v) is 27.6. The Labute approximate surface area is 278 Å². The SMILES string of the molecule is COC(=O)c1c(-c2cc(OC)c(Br)c(OC)c2)c2cc(OC)c(OCc3nccc4ccccc34)cc2c(=O)n1-c1ccc(N)cc1. The Hall–Kier alpha value is -5.55. The second kappa shape index (κ2) is 13.1. The third kappa shape index (κ3) is 5.70. The molecule has 2 aromatic heterocycles. The van der Waals surface area contributed by atoms with Crippen molar-refractivity contribution in [1.29, 1.82) is 0 Å². The Balaban J connectivity index is 1.67. The number of ether oxygens (including phenoxy) is 5. The first-order valence-corrected chi connectivity index (χ1v) is 15.2. The number of hydrogen-bond acceptors (Lipinski definition) is 9. The number of nitrogens with zero attached hydrogens (tertiary/aromatic N) is 2. The molecule has 0 aliphatic heterocycles. The fourth-order valence-corrected chi connectivity index (χ4v) is 6.14. The Bertz CT molecular complexity index is 2180. The number of benzene rings is 4. The summed E-state index contributed by atoms with van der Waals surface area (Å²) in [6.07, 6.45) is 1.73. The summed E-state index contributed by atoms with van der Waals surface area (Å²) in [5, 5.41) is 2.65. The second-order valence-corrected chi connectivity index (χ2v) is 11.3. The van der Waals surface area contributed by atoms with Gasteiger partial charge in [-0.3, -0.25) is 14.3 Å². The Kier molecular flexibility index (Phi) is 8.73. The van der Waals surface area contributed by atoms with E-state index in [1.54, 1.807) is 54.7 Å². The third-order valence-corrected chi connectivity index (χ3v) is 8.63. The first kappa shape index (κ1) is 31.4. The number of hydrogen-bond donors (Lipinski definition) is 1. The maximum absolute atomic E-state index is 14.5. The number of esters is 1. The van der Waals surface area contributed by atoms with E-state index in [9.17, 15) is 9.59 Å². The van der Waals surface area contributed by atoms with Crippen LogP contribution in [-0.4, -0.2) is 44.0 Å². The highest BCUT2D eigenvalue weighted by molar-refractivity contribution is 9.10. The minimum atomic E-state index is -0.738. The number of pyridine rings is 2. The van der Waals surface area contributed by atoms with Crippen LogP contribution in [0, 0.1) is 0 Å². The molecule has 0 radical (unpaired) electrons. The molecule has 2 heterocycles. The smallest absolute Gasteiger partial charge is 0.355 e. The van der Waals surface area contributed by atoms with Crippen molar-refractivity contribution in [3.8, 4) is 39.8 Å². The topological polar surface area (TPSA) is 124 Å². The maximum Gasteiger partial charge on any atom is 0.355 e. The summed E-state index contributed by atoms with van der Waals surface area (Å²) < 4.78 is 30.5. The molecule has 0 aliphatic carbocycles. The first-order valence-electron chi connectivity index (χ1n) is 14.4. The lowest BCUT2D eigenvalue weighted by molar-refractivity contribution is 0.0591. The average Bonchev–Trinajstić information content (AvgIpc) is 3.10. The Morgan fingerprint density at radius 1 is 0.809 bits per heavy atom. The Morgan fingerprint density at radius 2 is 1.47 bits per heavy atom. The first-order chi connectivity index (χ1) is 22.8. The van der Waals surface area contributed by atoms with Crippen LogP contribution in [0.4, 0.5) is 5.69 Å². The summed E-state index contributed by atoms with van der Waals surface area (Å²) >= 11 is 3.52. The lowest BCUT2D eigenvalue weighted by Crippen LogP contribution is -2.27. The highest BCUT2D eigenvalue weighted by atomic mass is 79.9. The van der Waals surface area contributed by atoms with E-state index < -0.39 is 11.5 Å². The van der Waals surface area contributed by atoms with Crippen LogP contribution in [0.3, 0.4) is 0 Å². The molecule has 6 aromatic rings. The summed E-state index contributed by atoms with van der Waals surface area (Å²) in [7, 11) is 5.81. The molecule has 0 aliphatic rings. The number of rotatable bonds is 9. The molecule has 238 valence electrons. The van der Waals surface area contributed by atoms with Gasteiger partial charge in [0.2, 0.25) is 0 Å². The van der Waals surface area contributed by atoms with Crippen LogP contribution in [0.25, 0.3) is 38.4 Å². The van der Waals surface area contributed by atoms with Gasteiger partial charge in [0.25, 0.3) is 5.56 Å². The molecule has 0 fully saturated rings. The molecule has 0 atom stereocenters. The molecular weight excluding hydrogens is 666 g/mol. The number of anilines is 1. The molecular formula is C36H30BrN3O7. The molecule has 6 rings (SSSR count). The third-order valence-electron chi connectivity index (χ3n) is 7.85. The number of aromatic nitrogens is 2. The largest absolute Gasteiger partial charge is 0.495 e. The maximum atomic E-state index is 14.5. The van der Waals surface area contributed by atoms with Gasteiger partial charge in [-0.2, -0.15) is 0 Å². The molecule has 10 nitrogen and oxygen atoms in total. The van der Waals surface area contributed by atoms with Crippen molar-refractivity contribution in [2.24, 2.45) is 0 Å². The van der Waals surface area contributed by atoms with Crippen LogP contribution in [0.2, 0.25) is 0 Å². The fourth-order valence-electron chi connectivity index (χ4n) is 5.59. The summed E-state index contributed by atoms with van der Waals surface area (Å²) in [6, 6.07) is 23.2. The summed E-state index contributed by atoms with van der Waals surface area (Å²) in [5.74, 6) is 0.818. The Morgan fingerprint density at radius 3 is 2.13 bits per heavy atom. The van der Waals surface area contributed by atoms with E-state index in [1.165, 1.54) is 33.0 Å². The molecule has 2 N–H and O–H groups in total. The van der Waals surface area contributed by atoms with Crippen LogP contribution in [0.5, 0.6) is 23.0 Å². The van der Waals surface area contributed by atoms with Crippen molar-refractivity contribution in [3.63, 3.8) is 0 Å². The standard InChI is InChI=1S/C36H30BrN3O7/c1-43-28-17-25-26(18-29(28)47-19-27-24-8-6-5-7-20(24)13-14-39-27)35(41)40(23-11-9-22(38)10-12-23)34(36(42)46-4)32(25)21-15-30(44-2)33(37)31(16-21)45-3/h5-18H,19,38H2,1-4H3. The van der Waals surface area contributed by atoms with Crippen molar-refractivity contribution >= 4 is 49.1 Å². The summed E-state index contributed by atoms with van der Waals surface area (Å²) in [6.45, 7) is 0.115. The lowest BCUT2D eigenvalue weighted by Gasteiger charge is -2.21. The minimum Gasteiger partial charge on any atom is -0.495 e. The zero-order chi connectivity index (χ0) is 33.2. The average molecular weight is 697 g/mol. The number of nitrogen functional groups attached to an aromatic ring is 1. The molecule has 0 amide bonds. The van der Waals surface area contributed by atoms with E-state index in [2.05, 4.69) is 20.9 Å². The number of carbonyl (C=O) groups excluding carboxylic acids is 1. The van der Waals surface area contributed by atoms with E-state index >= 15 is 0 Å². The lowest BCUT2D eigenvalue weighted by atomic mass is 9.95. The number of methoxy groups -OCH3 is 4. The molecule has 47 heavy (non-hydrogen) atoms. The van der Waals surface area contributed by atoms with Gasteiger partial charge in [-0.15, -0.1) is 0 Å². The highest BCUT2D eigenvalue weighted by Crippen LogP contribution is 2.44. The highest BCUT2D eigenvalue weighted by Gasteiger charge is 2.28. The predicted molar refractivity (Wildman–Crippen MR) is 184 cm³/mol. The van der Waals surface area contributed by atoms with Gasteiger partial charge in [0.05, 0.1) is 39.5 Å². The predicted octanol–water partition coefficient (Wildman–Crippen LogP) is 6.94. The number of carbonyl (C=O) groups is 1. The number of halogens is 1. The molecule has 0 unspecified atom stereocenters. The molecule has 11 heteroatoms. The van der Waals surface area contributed by atoms with Gasteiger partial charge in [-0.05, 0) is 81.5 Å².